The fourth-order valence-corrected chi connectivity index (χ4v) is 2.47. The maximum Gasteiger partial charge on any atom is 0.326 e. The maximum absolute atomic E-state index is 12.1. The molecule has 1 amide bonds. The van der Waals surface area contributed by atoms with Gasteiger partial charge in [-0.05, 0) is 30.0 Å². The van der Waals surface area contributed by atoms with Gasteiger partial charge in [-0.25, -0.2) is 4.79 Å². The van der Waals surface area contributed by atoms with Crippen molar-refractivity contribution in [3.8, 4) is 17.2 Å². The van der Waals surface area contributed by atoms with Crippen LogP contribution < -0.4 is 19.5 Å². The molecule has 25 heavy (non-hydrogen) atoms. The number of hydrogen-bond donors (Lipinski definition) is 2. The molecule has 0 aliphatic carbocycles. The molecule has 0 aromatic heterocycles. The first-order valence-electron chi connectivity index (χ1n) is 8.18. The minimum absolute atomic E-state index is 0.136. The third-order valence-electron chi connectivity index (χ3n) is 4.16. The standard InChI is InChI=1S/C18H27NO6/c1-6-11(2)16(18(21)22)19-15(20)8-7-12-9-13(23-3)17(25-5)14(10-12)24-4/h9-11,16H,6-8H2,1-5H3,(H,19,20)(H,21,22)/t11-,16-/m0/s1. The Bertz CT molecular complexity index is 576. The molecule has 1 aromatic carbocycles. The van der Waals surface area contributed by atoms with Gasteiger partial charge in [0.1, 0.15) is 6.04 Å². The molecular formula is C18H27NO6. The Morgan fingerprint density at radius 2 is 1.68 bits per heavy atom. The van der Waals surface area contributed by atoms with Gasteiger partial charge in [0.2, 0.25) is 11.7 Å². The van der Waals surface area contributed by atoms with E-state index in [1.54, 1.807) is 19.1 Å². The van der Waals surface area contributed by atoms with Gasteiger partial charge in [0.05, 0.1) is 21.3 Å². The average Bonchev–Trinajstić information content (AvgIpc) is 2.62. The number of benzene rings is 1. The number of rotatable bonds is 10. The normalized spacial score (nSPS) is 12.8. The molecule has 7 heteroatoms. The second kappa shape index (κ2) is 9.76. The van der Waals surface area contributed by atoms with Crippen LogP contribution in [0, 0.1) is 5.92 Å². The van der Waals surface area contributed by atoms with Crippen LogP contribution in [0.25, 0.3) is 0 Å². The van der Waals surface area contributed by atoms with Crippen LogP contribution in [0.4, 0.5) is 0 Å². The van der Waals surface area contributed by atoms with Crippen molar-refractivity contribution in [1.82, 2.24) is 5.32 Å². The van der Waals surface area contributed by atoms with E-state index in [0.717, 1.165) is 5.56 Å². The molecule has 0 fully saturated rings. The summed E-state index contributed by atoms with van der Waals surface area (Å²) < 4.78 is 15.8. The average molecular weight is 353 g/mol. The molecule has 0 bridgehead atoms. The summed E-state index contributed by atoms with van der Waals surface area (Å²) in [6, 6.07) is 2.67. The number of ether oxygens (including phenoxy) is 3. The Balaban J connectivity index is 2.80. The molecule has 0 saturated carbocycles. The fraction of sp³-hybridized carbons (Fsp3) is 0.556. The largest absolute Gasteiger partial charge is 0.493 e. The molecule has 7 nitrogen and oxygen atoms in total. The summed E-state index contributed by atoms with van der Waals surface area (Å²) in [7, 11) is 4.57. The minimum atomic E-state index is -1.02. The predicted octanol–water partition coefficient (Wildman–Crippen LogP) is 2.26. The van der Waals surface area contributed by atoms with Crippen LogP contribution in [0.15, 0.2) is 12.1 Å². The SMILES string of the molecule is CC[C@H](C)[C@H](NC(=O)CCc1cc(OC)c(OC)c(OC)c1)C(=O)O. The third-order valence-corrected chi connectivity index (χ3v) is 4.16. The van der Waals surface area contributed by atoms with Crippen LogP contribution in [0.5, 0.6) is 17.2 Å². The number of amides is 1. The van der Waals surface area contributed by atoms with Crippen LogP contribution >= 0.6 is 0 Å². The third kappa shape index (κ3) is 5.55. The van der Waals surface area contributed by atoms with Crippen molar-refractivity contribution in [3.05, 3.63) is 17.7 Å². The molecular weight excluding hydrogens is 326 g/mol. The minimum Gasteiger partial charge on any atom is -0.493 e. The Kier molecular flexibility index (Phi) is 8.04. The van der Waals surface area contributed by atoms with Gasteiger partial charge in [-0.1, -0.05) is 20.3 Å². The number of nitrogens with one attached hydrogen (secondary N) is 1. The van der Waals surface area contributed by atoms with Gasteiger partial charge >= 0.3 is 5.97 Å². The van der Waals surface area contributed by atoms with E-state index in [9.17, 15) is 14.7 Å². The van der Waals surface area contributed by atoms with Crippen molar-refractivity contribution >= 4 is 11.9 Å². The number of carbonyl (C=O) groups is 2. The van der Waals surface area contributed by atoms with E-state index in [2.05, 4.69) is 5.32 Å². The Morgan fingerprint density at radius 3 is 2.08 bits per heavy atom. The predicted molar refractivity (Wildman–Crippen MR) is 93.4 cm³/mol. The zero-order valence-corrected chi connectivity index (χ0v) is 15.4. The molecule has 0 aliphatic heterocycles. The van der Waals surface area contributed by atoms with E-state index in [1.165, 1.54) is 21.3 Å². The van der Waals surface area contributed by atoms with Gasteiger partial charge in [0, 0.05) is 6.42 Å². The number of carbonyl (C=O) groups excluding carboxylic acids is 1. The quantitative estimate of drug-likeness (QED) is 0.670. The number of methoxy groups -OCH3 is 3. The van der Waals surface area contributed by atoms with Gasteiger partial charge in [0.25, 0.3) is 0 Å². The highest BCUT2D eigenvalue weighted by Crippen LogP contribution is 2.38. The second-order valence-corrected chi connectivity index (χ2v) is 5.80. The van der Waals surface area contributed by atoms with E-state index in [4.69, 9.17) is 14.2 Å². The lowest BCUT2D eigenvalue weighted by atomic mass is 9.99. The highest BCUT2D eigenvalue weighted by Gasteiger charge is 2.25. The lowest BCUT2D eigenvalue weighted by Crippen LogP contribution is -2.45. The summed E-state index contributed by atoms with van der Waals surface area (Å²) in [5.74, 6) is 0.0565. The van der Waals surface area contributed by atoms with Crippen molar-refractivity contribution < 1.29 is 28.9 Å². The van der Waals surface area contributed by atoms with Crippen LogP contribution in [-0.2, 0) is 16.0 Å². The van der Waals surface area contributed by atoms with Crippen molar-refractivity contribution in [2.24, 2.45) is 5.92 Å². The van der Waals surface area contributed by atoms with E-state index >= 15 is 0 Å². The molecule has 0 radical (unpaired) electrons. The van der Waals surface area contributed by atoms with E-state index in [-0.39, 0.29) is 18.2 Å². The zero-order chi connectivity index (χ0) is 19.0. The molecule has 0 spiro atoms. The fourth-order valence-electron chi connectivity index (χ4n) is 2.47. The van der Waals surface area contributed by atoms with Gasteiger partial charge in [-0.2, -0.15) is 0 Å². The first-order valence-corrected chi connectivity index (χ1v) is 8.18. The van der Waals surface area contributed by atoms with Gasteiger partial charge in [0.15, 0.2) is 11.5 Å². The van der Waals surface area contributed by atoms with Gasteiger partial charge in [-0.15, -0.1) is 0 Å². The highest BCUT2D eigenvalue weighted by atomic mass is 16.5. The summed E-state index contributed by atoms with van der Waals surface area (Å²) in [6.07, 6.45) is 1.26. The lowest BCUT2D eigenvalue weighted by Gasteiger charge is -2.20. The molecule has 1 rings (SSSR count). The second-order valence-electron chi connectivity index (χ2n) is 5.80. The van der Waals surface area contributed by atoms with E-state index in [0.29, 0.717) is 30.1 Å². The van der Waals surface area contributed by atoms with E-state index in [1.807, 2.05) is 6.92 Å². The highest BCUT2D eigenvalue weighted by molar-refractivity contribution is 5.83. The molecule has 2 N–H and O–H groups in total. The number of carboxylic acids is 1. The molecule has 2 atom stereocenters. The van der Waals surface area contributed by atoms with E-state index < -0.39 is 12.0 Å². The van der Waals surface area contributed by atoms with Crippen molar-refractivity contribution in [2.45, 2.75) is 39.2 Å². The Morgan fingerprint density at radius 1 is 1.12 bits per heavy atom. The molecule has 0 aliphatic rings. The summed E-state index contributed by atoms with van der Waals surface area (Å²) in [5.41, 5.74) is 0.833. The molecule has 0 heterocycles. The first kappa shape index (κ1) is 20.6. The summed E-state index contributed by atoms with van der Waals surface area (Å²) in [4.78, 5) is 23.4. The molecule has 1 aromatic rings. The zero-order valence-electron chi connectivity index (χ0n) is 15.4. The Hall–Kier alpha value is -2.44. The van der Waals surface area contributed by atoms with Crippen molar-refractivity contribution in [3.63, 3.8) is 0 Å². The topological polar surface area (TPSA) is 94.1 Å². The number of carboxylic acid groups (broad SMARTS) is 1. The van der Waals surface area contributed by atoms with Crippen LogP contribution in [0.3, 0.4) is 0 Å². The van der Waals surface area contributed by atoms with Crippen molar-refractivity contribution in [1.29, 1.82) is 0 Å². The van der Waals surface area contributed by atoms with Gasteiger partial charge < -0.3 is 24.6 Å². The summed E-state index contributed by atoms with van der Waals surface area (Å²) in [6.45, 7) is 3.70. The van der Waals surface area contributed by atoms with Crippen LogP contribution in [0.2, 0.25) is 0 Å². The number of aryl methyl sites for hydroxylation is 1. The molecule has 0 unspecified atom stereocenters. The first-order chi connectivity index (χ1) is 11.9. The van der Waals surface area contributed by atoms with Gasteiger partial charge in [-0.3, -0.25) is 4.79 Å². The van der Waals surface area contributed by atoms with Crippen LogP contribution in [-0.4, -0.2) is 44.4 Å². The summed E-state index contributed by atoms with van der Waals surface area (Å²) >= 11 is 0. The number of aliphatic carboxylic acids is 1. The Labute approximate surface area is 148 Å². The monoisotopic (exact) mass is 353 g/mol. The van der Waals surface area contributed by atoms with Crippen molar-refractivity contribution in [2.75, 3.05) is 21.3 Å². The van der Waals surface area contributed by atoms with Crippen LogP contribution in [0.1, 0.15) is 32.3 Å². The molecule has 0 saturated heterocycles. The molecule has 140 valence electrons. The summed E-state index contributed by atoms with van der Waals surface area (Å²) in [5, 5.41) is 11.8. The smallest absolute Gasteiger partial charge is 0.326 e. The maximum atomic E-state index is 12.1. The number of hydrogen-bond acceptors (Lipinski definition) is 5. The lowest BCUT2D eigenvalue weighted by molar-refractivity contribution is -0.143.